The summed E-state index contributed by atoms with van der Waals surface area (Å²) in [5, 5.41) is 3.54. The molecule has 1 unspecified atom stereocenters. The SMILES string of the molecule is c1ccc(C2CCCNC2)c(C2CCC2)c1. The Balaban J connectivity index is 1.86. The van der Waals surface area contributed by atoms with Gasteiger partial charge in [-0.2, -0.15) is 0 Å². The molecular weight excluding hydrogens is 194 g/mol. The molecule has 2 fully saturated rings. The van der Waals surface area contributed by atoms with Gasteiger partial charge in [-0.3, -0.25) is 0 Å². The first-order valence-corrected chi connectivity index (χ1v) is 6.74. The van der Waals surface area contributed by atoms with Crippen LogP contribution in [0.15, 0.2) is 24.3 Å². The highest BCUT2D eigenvalue weighted by Crippen LogP contribution is 2.40. The van der Waals surface area contributed by atoms with Crippen molar-refractivity contribution >= 4 is 0 Å². The molecule has 0 amide bonds. The van der Waals surface area contributed by atoms with Crippen molar-refractivity contribution in [3.63, 3.8) is 0 Å². The standard InChI is InChI=1S/C15H21N/c1-2-9-15(13-7-4-10-16-11-13)14(8-1)12-5-3-6-12/h1-2,8-9,12-13,16H,3-7,10-11H2. The molecule has 3 rings (SSSR count). The highest BCUT2D eigenvalue weighted by atomic mass is 14.9. The van der Waals surface area contributed by atoms with E-state index in [0.29, 0.717) is 0 Å². The zero-order valence-electron chi connectivity index (χ0n) is 9.91. The average Bonchev–Trinajstić information content (AvgIpc) is 2.29. The maximum atomic E-state index is 3.54. The fourth-order valence-electron chi connectivity index (χ4n) is 3.09. The van der Waals surface area contributed by atoms with Crippen molar-refractivity contribution in [3.05, 3.63) is 35.4 Å². The average molecular weight is 215 g/mol. The quantitative estimate of drug-likeness (QED) is 0.797. The maximum absolute atomic E-state index is 3.54. The first-order chi connectivity index (χ1) is 7.95. The lowest BCUT2D eigenvalue weighted by Gasteiger charge is -2.32. The van der Waals surface area contributed by atoms with Crippen LogP contribution in [0.1, 0.15) is 55.1 Å². The molecule has 1 aliphatic carbocycles. The molecule has 1 nitrogen and oxygen atoms in total. The third kappa shape index (κ3) is 1.89. The molecule has 1 aromatic rings. The van der Waals surface area contributed by atoms with E-state index in [-0.39, 0.29) is 0 Å². The van der Waals surface area contributed by atoms with E-state index < -0.39 is 0 Å². The third-order valence-corrected chi connectivity index (χ3v) is 4.28. The fourth-order valence-corrected chi connectivity index (χ4v) is 3.09. The van der Waals surface area contributed by atoms with Crippen molar-refractivity contribution in [1.82, 2.24) is 5.32 Å². The fraction of sp³-hybridized carbons (Fsp3) is 0.600. The van der Waals surface area contributed by atoms with E-state index in [1.807, 2.05) is 0 Å². The lowest BCUT2D eigenvalue weighted by Crippen LogP contribution is -2.29. The summed E-state index contributed by atoms with van der Waals surface area (Å²) in [4.78, 5) is 0. The summed E-state index contributed by atoms with van der Waals surface area (Å²) in [6.07, 6.45) is 6.97. The highest BCUT2D eigenvalue weighted by Gasteiger charge is 2.25. The molecule has 0 radical (unpaired) electrons. The van der Waals surface area contributed by atoms with Gasteiger partial charge in [0, 0.05) is 6.54 Å². The summed E-state index contributed by atoms with van der Waals surface area (Å²) in [6, 6.07) is 9.17. The lowest BCUT2D eigenvalue weighted by molar-refractivity contribution is 0.406. The first kappa shape index (κ1) is 10.3. The molecule has 1 atom stereocenters. The van der Waals surface area contributed by atoms with Crippen LogP contribution in [0.4, 0.5) is 0 Å². The molecule has 1 aliphatic heterocycles. The predicted molar refractivity (Wildman–Crippen MR) is 67.9 cm³/mol. The Morgan fingerprint density at radius 2 is 1.56 bits per heavy atom. The highest BCUT2D eigenvalue weighted by molar-refractivity contribution is 5.35. The predicted octanol–water partition coefficient (Wildman–Crippen LogP) is 3.42. The molecule has 1 heterocycles. The number of benzene rings is 1. The molecule has 16 heavy (non-hydrogen) atoms. The van der Waals surface area contributed by atoms with Gasteiger partial charge in [0.15, 0.2) is 0 Å². The van der Waals surface area contributed by atoms with Crippen molar-refractivity contribution < 1.29 is 0 Å². The van der Waals surface area contributed by atoms with Gasteiger partial charge < -0.3 is 5.32 Å². The molecule has 0 aromatic heterocycles. The van der Waals surface area contributed by atoms with E-state index in [4.69, 9.17) is 0 Å². The van der Waals surface area contributed by atoms with E-state index in [1.54, 1.807) is 11.1 Å². The van der Waals surface area contributed by atoms with Gasteiger partial charge >= 0.3 is 0 Å². The van der Waals surface area contributed by atoms with Gasteiger partial charge in [-0.25, -0.2) is 0 Å². The molecule has 1 N–H and O–H groups in total. The van der Waals surface area contributed by atoms with Crippen LogP contribution >= 0.6 is 0 Å². The molecule has 2 aliphatic rings. The minimum Gasteiger partial charge on any atom is -0.316 e. The summed E-state index contributed by atoms with van der Waals surface area (Å²) in [5.41, 5.74) is 3.29. The van der Waals surface area contributed by atoms with E-state index in [2.05, 4.69) is 29.6 Å². The number of piperidine rings is 1. The number of rotatable bonds is 2. The van der Waals surface area contributed by atoms with Crippen molar-refractivity contribution in [1.29, 1.82) is 0 Å². The molecule has 86 valence electrons. The van der Waals surface area contributed by atoms with Crippen LogP contribution in [0.25, 0.3) is 0 Å². The summed E-state index contributed by atoms with van der Waals surface area (Å²) in [5.74, 6) is 1.64. The van der Waals surface area contributed by atoms with E-state index in [9.17, 15) is 0 Å². The Morgan fingerprint density at radius 1 is 0.875 bits per heavy atom. The van der Waals surface area contributed by atoms with E-state index >= 15 is 0 Å². The van der Waals surface area contributed by atoms with Crippen LogP contribution in [-0.4, -0.2) is 13.1 Å². The van der Waals surface area contributed by atoms with Gasteiger partial charge in [-0.15, -0.1) is 0 Å². The Kier molecular flexibility index (Phi) is 2.96. The Hall–Kier alpha value is -0.820. The van der Waals surface area contributed by atoms with Crippen molar-refractivity contribution in [2.24, 2.45) is 0 Å². The molecule has 1 heteroatoms. The second-order valence-electron chi connectivity index (χ2n) is 5.30. The number of hydrogen-bond acceptors (Lipinski definition) is 1. The van der Waals surface area contributed by atoms with E-state index in [1.165, 1.54) is 45.2 Å². The summed E-state index contributed by atoms with van der Waals surface area (Å²) < 4.78 is 0. The van der Waals surface area contributed by atoms with Crippen LogP contribution in [-0.2, 0) is 0 Å². The largest absolute Gasteiger partial charge is 0.316 e. The van der Waals surface area contributed by atoms with Crippen LogP contribution in [0.5, 0.6) is 0 Å². The second kappa shape index (κ2) is 4.58. The lowest BCUT2D eigenvalue weighted by atomic mass is 9.75. The zero-order chi connectivity index (χ0) is 10.8. The van der Waals surface area contributed by atoms with Crippen LogP contribution < -0.4 is 5.32 Å². The molecular formula is C15H21N. The first-order valence-electron chi connectivity index (χ1n) is 6.74. The smallest absolute Gasteiger partial charge is 0.00202 e. The normalized spacial score (nSPS) is 26.4. The summed E-state index contributed by atoms with van der Waals surface area (Å²) >= 11 is 0. The van der Waals surface area contributed by atoms with Gasteiger partial charge in [0.2, 0.25) is 0 Å². The summed E-state index contributed by atoms with van der Waals surface area (Å²) in [7, 11) is 0. The minimum absolute atomic E-state index is 0.769. The monoisotopic (exact) mass is 215 g/mol. The summed E-state index contributed by atoms with van der Waals surface area (Å²) in [6.45, 7) is 2.39. The van der Waals surface area contributed by atoms with Crippen LogP contribution in [0.3, 0.4) is 0 Å². The maximum Gasteiger partial charge on any atom is 0.00202 e. The second-order valence-corrected chi connectivity index (χ2v) is 5.30. The molecule has 1 saturated carbocycles. The van der Waals surface area contributed by atoms with E-state index in [0.717, 1.165) is 11.8 Å². The molecule has 0 spiro atoms. The Bertz CT molecular complexity index is 348. The van der Waals surface area contributed by atoms with Gasteiger partial charge in [-0.05, 0) is 55.2 Å². The number of hydrogen-bond donors (Lipinski definition) is 1. The van der Waals surface area contributed by atoms with Crippen LogP contribution in [0, 0.1) is 0 Å². The van der Waals surface area contributed by atoms with Gasteiger partial charge in [0.1, 0.15) is 0 Å². The van der Waals surface area contributed by atoms with Gasteiger partial charge in [-0.1, -0.05) is 30.7 Å². The Labute approximate surface area is 98.3 Å². The molecule has 0 bridgehead atoms. The topological polar surface area (TPSA) is 12.0 Å². The van der Waals surface area contributed by atoms with Gasteiger partial charge in [0.25, 0.3) is 0 Å². The Morgan fingerprint density at radius 3 is 2.12 bits per heavy atom. The minimum atomic E-state index is 0.769. The number of nitrogens with one attached hydrogen (secondary N) is 1. The van der Waals surface area contributed by atoms with Crippen molar-refractivity contribution in [3.8, 4) is 0 Å². The molecule has 1 saturated heterocycles. The van der Waals surface area contributed by atoms with Crippen LogP contribution in [0.2, 0.25) is 0 Å². The zero-order valence-corrected chi connectivity index (χ0v) is 9.91. The third-order valence-electron chi connectivity index (χ3n) is 4.28. The van der Waals surface area contributed by atoms with Crippen molar-refractivity contribution in [2.45, 2.75) is 43.9 Å². The van der Waals surface area contributed by atoms with Gasteiger partial charge in [0.05, 0.1) is 0 Å². The van der Waals surface area contributed by atoms with Crippen molar-refractivity contribution in [2.75, 3.05) is 13.1 Å². The molecule has 1 aromatic carbocycles.